The van der Waals surface area contributed by atoms with Crippen LogP contribution in [0.25, 0.3) is 28.1 Å². The molecule has 5 rings (SSSR count). The highest BCUT2D eigenvalue weighted by molar-refractivity contribution is 5.94. The second-order valence-corrected chi connectivity index (χ2v) is 7.30. The molecule has 0 amide bonds. The maximum absolute atomic E-state index is 4.87. The molecule has 0 saturated heterocycles. The first kappa shape index (κ1) is 16.7. The molecule has 0 unspecified atom stereocenters. The van der Waals surface area contributed by atoms with Crippen molar-refractivity contribution < 1.29 is 0 Å². The number of rotatable bonds is 3. The van der Waals surface area contributed by atoms with E-state index in [0.29, 0.717) is 0 Å². The van der Waals surface area contributed by atoms with Gasteiger partial charge >= 0.3 is 0 Å². The largest absolute Gasteiger partial charge is 0.325 e. The second kappa shape index (κ2) is 6.30. The van der Waals surface area contributed by atoms with Crippen LogP contribution in [-0.4, -0.2) is 24.1 Å². The number of hydrogen-bond acceptors (Lipinski definition) is 3. The molecule has 3 heterocycles. The van der Waals surface area contributed by atoms with Crippen molar-refractivity contribution >= 4 is 16.7 Å². The fourth-order valence-corrected chi connectivity index (χ4v) is 3.80. The number of hydrogen-bond donors (Lipinski definition) is 0. The van der Waals surface area contributed by atoms with Crippen molar-refractivity contribution in [1.82, 2.24) is 24.1 Å². The van der Waals surface area contributed by atoms with Gasteiger partial charge in [0.15, 0.2) is 11.5 Å². The van der Waals surface area contributed by atoms with Gasteiger partial charge < -0.3 is 4.57 Å². The van der Waals surface area contributed by atoms with Gasteiger partial charge in [-0.15, -0.1) is 5.10 Å². The number of fused-ring (bicyclic) bond motifs is 3. The Morgan fingerprint density at radius 1 is 0.893 bits per heavy atom. The number of aromatic nitrogens is 5. The van der Waals surface area contributed by atoms with E-state index in [9.17, 15) is 0 Å². The maximum Gasteiger partial charge on any atom is 0.182 e. The fraction of sp³-hybridized carbons (Fsp3) is 0.174. The third-order valence-corrected chi connectivity index (χ3v) is 5.41. The van der Waals surface area contributed by atoms with Gasteiger partial charge in [-0.2, -0.15) is 0 Å². The molecule has 28 heavy (non-hydrogen) atoms. The first-order valence-corrected chi connectivity index (χ1v) is 9.43. The molecule has 0 atom stereocenters. The average Bonchev–Trinajstić information content (AvgIpc) is 3.24. The minimum absolute atomic E-state index is 0.728. The smallest absolute Gasteiger partial charge is 0.182 e. The lowest BCUT2D eigenvalue weighted by atomic mass is 10.1. The van der Waals surface area contributed by atoms with Gasteiger partial charge in [0.05, 0.1) is 5.39 Å². The topological polar surface area (TPSA) is 48.0 Å². The Kier molecular flexibility index (Phi) is 3.76. The van der Waals surface area contributed by atoms with E-state index in [1.54, 1.807) is 10.8 Å². The maximum atomic E-state index is 4.87. The van der Waals surface area contributed by atoms with Gasteiger partial charge in [-0.3, -0.25) is 0 Å². The van der Waals surface area contributed by atoms with Gasteiger partial charge in [-0.25, -0.2) is 14.5 Å². The van der Waals surface area contributed by atoms with E-state index in [1.807, 2.05) is 18.2 Å². The third-order valence-electron chi connectivity index (χ3n) is 5.41. The molecule has 3 aromatic heterocycles. The van der Waals surface area contributed by atoms with Gasteiger partial charge in [0.2, 0.25) is 0 Å². The van der Waals surface area contributed by atoms with E-state index in [2.05, 4.69) is 66.8 Å². The Hall–Kier alpha value is -3.47. The molecule has 5 aromatic rings. The summed E-state index contributed by atoms with van der Waals surface area (Å²) in [5.41, 5.74) is 7.69. The molecule has 2 aromatic carbocycles. The third kappa shape index (κ3) is 2.59. The van der Waals surface area contributed by atoms with Gasteiger partial charge in [0.25, 0.3) is 0 Å². The van der Waals surface area contributed by atoms with Crippen molar-refractivity contribution in [1.29, 1.82) is 0 Å². The minimum Gasteiger partial charge on any atom is -0.325 e. The van der Waals surface area contributed by atoms with E-state index in [0.717, 1.165) is 34.6 Å². The Labute approximate surface area is 163 Å². The highest BCUT2D eigenvalue weighted by atomic mass is 15.3. The highest BCUT2D eigenvalue weighted by Crippen LogP contribution is 2.29. The van der Waals surface area contributed by atoms with Crippen molar-refractivity contribution in [2.24, 2.45) is 0 Å². The van der Waals surface area contributed by atoms with Crippen LogP contribution in [0.2, 0.25) is 0 Å². The van der Waals surface area contributed by atoms with Gasteiger partial charge in [-0.1, -0.05) is 54.1 Å². The number of nitrogens with zero attached hydrogens (tertiary/aromatic N) is 5. The average molecular weight is 367 g/mol. The molecule has 0 spiro atoms. The molecule has 0 fully saturated rings. The number of aryl methyl sites for hydroxylation is 2. The molecular formula is C23H21N5. The summed E-state index contributed by atoms with van der Waals surface area (Å²) in [5.74, 6) is 0.728. The molecule has 5 nitrogen and oxygen atoms in total. The van der Waals surface area contributed by atoms with Gasteiger partial charge in [0.1, 0.15) is 12.0 Å². The summed E-state index contributed by atoms with van der Waals surface area (Å²) in [5, 5.41) is 5.74. The summed E-state index contributed by atoms with van der Waals surface area (Å²) >= 11 is 0. The predicted octanol–water partition coefficient (Wildman–Crippen LogP) is 4.72. The zero-order valence-electron chi connectivity index (χ0n) is 16.2. The van der Waals surface area contributed by atoms with Crippen molar-refractivity contribution in [2.75, 3.05) is 0 Å². The van der Waals surface area contributed by atoms with Crippen molar-refractivity contribution in [2.45, 2.75) is 27.3 Å². The van der Waals surface area contributed by atoms with Crippen LogP contribution in [0.5, 0.6) is 0 Å². The predicted molar refractivity (Wildman–Crippen MR) is 111 cm³/mol. The lowest BCUT2D eigenvalue weighted by Gasteiger charge is -2.07. The molecule has 0 aliphatic carbocycles. The minimum atomic E-state index is 0.728. The first-order valence-electron chi connectivity index (χ1n) is 9.43. The molecule has 0 aliphatic rings. The standard InChI is InChI=1S/C23H21N5/c1-15-8-7-11-19(12-15)21-25-23-20-16(2)17(3)27(13-18-9-5-4-6-10-18)22(20)24-14-28(23)26-21/h4-12,14H,13H2,1-3H3. The first-order chi connectivity index (χ1) is 13.6. The molecule has 0 aliphatic heterocycles. The monoisotopic (exact) mass is 367 g/mol. The van der Waals surface area contributed by atoms with Crippen LogP contribution in [-0.2, 0) is 6.54 Å². The van der Waals surface area contributed by atoms with Crippen LogP contribution < -0.4 is 0 Å². The van der Waals surface area contributed by atoms with E-state index in [4.69, 9.17) is 9.97 Å². The van der Waals surface area contributed by atoms with Crippen LogP contribution in [0.4, 0.5) is 0 Å². The van der Waals surface area contributed by atoms with Crippen LogP contribution in [0.1, 0.15) is 22.4 Å². The Balaban J connectivity index is 1.71. The Bertz CT molecular complexity index is 1310. The van der Waals surface area contributed by atoms with E-state index in [-0.39, 0.29) is 0 Å². The molecule has 0 saturated carbocycles. The van der Waals surface area contributed by atoms with Crippen molar-refractivity contribution in [3.8, 4) is 11.4 Å². The van der Waals surface area contributed by atoms with Crippen LogP contribution >= 0.6 is 0 Å². The molecule has 5 heteroatoms. The summed E-state index contributed by atoms with van der Waals surface area (Å²) in [6.45, 7) is 7.16. The molecule has 0 bridgehead atoms. The van der Waals surface area contributed by atoms with Gasteiger partial charge in [0, 0.05) is 17.8 Å². The highest BCUT2D eigenvalue weighted by Gasteiger charge is 2.18. The Morgan fingerprint density at radius 2 is 1.71 bits per heavy atom. The summed E-state index contributed by atoms with van der Waals surface area (Å²) in [7, 11) is 0. The molecule has 0 N–H and O–H groups in total. The van der Waals surface area contributed by atoms with Crippen LogP contribution in [0, 0.1) is 20.8 Å². The molecule has 0 radical (unpaired) electrons. The summed E-state index contributed by atoms with van der Waals surface area (Å²) in [6, 6.07) is 18.7. The van der Waals surface area contributed by atoms with E-state index in [1.165, 1.54) is 22.4 Å². The SMILES string of the molecule is Cc1cccc(-c2nc3c4c(C)c(C)n(Cc5ccccc5)c4ncn3n2)c1. The summed E-state index contributed by atoms with van der Waals surface area (Å²) < 4.78 is 4.06. The zero-order valence-corrected chi connectivity index (χ0v) is 16.2. The Morgan fingerprint density at radius 3 is 2.50 bits per heavy atom. The quantitative estimate of drug-likeness (QED) is 0.464. The lowest BCUT2D eigenvalue weighted by Crippen LogP contribution is -2.03. The van der Waals surface area contributed by atoms with E-state index < -0.39 is 0 Å². The van der Waals surface area contributed by atoms with E-state index >= 15 is 0 Å². The van der Waals surface area contributed by atoms with Crippen LogP contribution in [0.15, 0.2) is 60.9 Å². The number of benzene rings is 2. The van der Waals surface area contributed by atoms with Gasteiger partial charge in [-0.05, 0) is 38.0 Å². The van der Waals surface area contributed by atoms with Crippen LogP contribution in [0.3, 0.4) is 0 Å². The fourth-order valence-electron chi connectivity index (χ4n) is 3.80. The summed E-state index contributed by atoms with van der Waals surface area (Å²) in [4.78, 5) is 9.61. The zero-order chi connectivity index (χ0) is 19.3. The molecular weight excluding hydrogens is 346 g/mol. The lowest BCUT2D eigenvalue weighted by molar-refractivity contribution is 0.787. The normalized spacial score (nSPS) is 11.5. The van der Waals surface area contributed by atoms with Crippen molar-refractivity contribution in [3.63, 3.8) is 0 Å². The van der Waals surface area contributed by atoms with Crippen molar-refractivity contribution in [3.05, 3.63) is 83.3 Å². The summed E-state index contributed by atoms with van der Waals surface area (Å²) in [6.07, 6.45) is 1.77. The molecule has 138 valence electrons. The second-order valence-electron chi connectivity index (χ2n) is 7.30.